The number of aliphatic hydroxyl groups is 1. The van der Waals surface area contributed by atoms with E-state index in [9.17, 15) is 20.0 Å². The number of nitro benzene ring substituents is 1. The molecular formula is C19H15N3O5. The van der Waals surface area contributed by atoms with E-state index in [4.69, 9.17) is 4.74 Å². The summed E-state index contributed by atoms with van der Waals surface area (Å²) in [7, 11) is 1.18. The summed E-state index contributed by atoms with van der Waals surface area (Å²) in [6.45, 7) is 0. The van der Waals surface area contributed by atoms with Crippen LogP contribution in [0.4, 0.5) is 5.69 Å². The molecular weight excluding hydrogens is 350 g/mol. The Morgan fingerprint density at radius 2 is 1.93 bits per heavy atom. The molecule has 0 aliphatic carbocycles. The monoisotopic (exact) mass is 365 g/mol. The maximum Gasteiger partial charge on any atom is 0.345 e. The van der Waals surface area contributed by atoms with Crippen molar-refractivity contribution in [2.45, 2.75) is 0 Å². The number of imidazole rings is 1. The van der Waals surface area contributed by atoms with Crippen LogP contribution in [0.3, 0.4) is 0 Å². The van der Waals surface area contributed by atoms with Crippen molar-refractivity contribution in [3.05, 3.63) is 81.9 Å². The normalized spacial score (nSPS) is 12.2. The summed E-state index contributed by atoms with van der Waals surface area (Å²) in [4.78, 5) is 30.0. The van der Waals surface area contributed by atoms with Gasteiger partial charge in [-0.2, -0.15) is 0 Å². The molecule has 0 amide bonds. The van der Waals surface area contributed by atoms with E-state index < -0.39 is 16.7 Å². The molecule has 136 valence electrons. The Bertz CT molecular complexity index is 1050. The van der Waals surface area contributed by atoms with Crippen molar-refractivity contribution in [1.82, 2.24) is 9.97 Å². The average Bonchev–Trinajstić information content (AvgIpc) is 3.09. The Morgan fingerprint density at radius 3 is 2.63 bits per heavy atom. The van der Waals surface area contributed by atoms with E-state index in [0.717, 1.165) is 0 Å². The van der Waals surface area contributed by atoms with Gasteiger partial charge in [-0.1, -0.05) is 24.3 Å². The number of aromatic amines is 1. The Balaban J connectivity index is 2.07. The molecule has 1 aromatic heterocycles. The lowest BCUT2D eigenvalue weighted by atomic mass is 10.1. The number of aliphatic hydroxyl groups excluding tert-OH is 1. The minimum absolute atomic E-state index is 0.120. The fourth-order valence-electron chi connectivity index (χ4n) is 2.54. The molecule has 0 bridgehead atoms. The lowest BCUT2D eigenvalue weighted by molar-refractivity contribution is -0.385. The smallest absolute Gasteiger partial charge is 0.345 e. The number of H-pyrrole nitrogens is 1. The molecule has 0 spiro atoms. The van der Waals surface area contributed by atoms with Gasteiger partial charge in [-0.3, -0.25) is 10.1 Å². The number of para-hydroxylation sites is 3. The molecule has 2 N–H and O–H groups in total. The van der Waals surface area contributed by atoms with Gasteiger partial charge in [-0.05, 0) is 30.4 Å². The minimum atomic E-state index is -0.793. The van der Waals surface area contributed by atoms with Gasteiger partial charge >= 0.3 is 5.97 Å². The highest BCUT2D eigenvalue weighted by Crippen LogP contribution is 2.23. The van der Waals surface area contributed by atoms with E-state index in [0.29, 0.717) is 11.0 Å². The summed E-state index contributed by atoms with van der Waals surface area (Å²) in [6.07, 6.45) is 2.54. The first-order valence-corrected chi connectivity index (χ1v) is 7.89. The van der Waals surface area contributed by atoms with Crippen LogP contribution >= 0.6 is 0 Å². The van der Waals surface area contributed by atoms with Gasteiger partial charge < -0.3 is 14.8 Å². The molecule has 8 nitrogen and oxygen atoms in total. The highest BCUT2D eigenvalue weighted by atomic mass is 16.6. The first-order chi connectivity index (χ1) is 13.0. The lowest BCUT2D eigenvalue weighted by Crippen LogP contribution is -2.08. The maximum atomic E-state index is 12.2. The molecule has 8 heteroatoms. The van der Waals surface area contributed by atoms with Gasteiger partial charge in [0.2, 0.25) is 0 Å². The summed E-state index contributed by atoms with van der Waals surface area (Å²) >= 11 is 0. The van der Waals surface area contributed by atoms with E-state index in [1.807, 2.05) is 0 Å². The van der Waals surface area contributed by atoms with Crippen molar-refractivity contribution in [2.75, 3.05) is 7.11 Å². The van der Waals surface area contributed by atoms with Gasteiger partial charge in [-0.25, -0.2) is 9.78 Å². The molecule has 0 unspecified atom stereocenters. The predicted octanol–water partition coefficient (Wildman–Crippen LogP) is 3.63. The van der Waals surface area contributed by atoms with Gasteiger partial charge in [0, 0.05) is 6.07 Å². The molecule has 0 aliphatic heterocycles. The van der Waals surface area contributed by atoms with Crippen LogP contribution in [0.25, 0.3) is 22.7 Å². The zero-order valence-corrected chi connectivity index (χ0v) is 14.2. The quantitative estimate of drug-likeness (QED) is 0.178. The number of hydrogen-bond acceptors (Lipinski definition) is 6. The molecule has 1 heterocycles. The number of aromatic nitrogens is 2. The summed E-state index contributed by atoms with van der Waals surface area (Å²) in [5.41, 5.74) is 1.28. The average molecular weight is 365 g/mol. The lowest BCUT2D eigenvalue weighted by Gasteiger charge is -2.04. The third-order valence-corrected chi connectivity index (χ3v) is 3.83. The highest BCUT2D eigenvalue weighted by molar-refractivity contribution is 6.17. The second-order valence-corrected chi connectivity index (χ2v) is 5.50. The first-order valence-electron chi connectivity index (χ1n) is 7.89. The fraction of sp³-hybridized carbons (Fsp3) is 0.0526. The number of nitrogens with one attached hydrogen (secondary N) is 1. The molecule has 3 aromatic rings. The molecule has 0 fully saturated rings. The van der Waals surface area contributed by atoms with E-state index in [1.54, 1.807) is 36.4 Å². The number of nitro groups is 1. The zero-order chi connectivity index (χ0) is 19.4. The largest absolute Gasteiger partial charge is 0.507 e. The predicted molar refractivity (Wildman–Crippen MR) is 99.8 cm³/mol. The first kappa shape index (κ1) is 17.9. The van der Waals surface area contributed by atoms with Crippen LogP contribution in [0.5, 0.6) is 0 Å². The Kier molecular flexibility index (Phi) is 4.98. The fourth-order valence-corrected chi connectivity index (χ4v) is 2.54. The second-order valence-electron chi connectivity index (χ2n) is 5.50. The van der Waals surface area contributed by atoms with Gasteiger partial charge in [-0.15, -0.1) is 0 Å². The van der Waals surface area contributed by atoms with E-state index in [2.05, 4.69) is 9.97 Å². The molecule has 0 radical (unpaired) electrons. The number of rotatable bonds is 5. The van der Waals surface area contributed by atoms with Gasteiger partial charge in [0.15, 0.2) is 0 Å². The summed E-state index contributed by atoms with van der Waals surface area (Å²) < 4.78 is 4.74. The van der Waals surface area contributed by atoms with Crippen molar-refractivity contribution in [2.24, 2.45) is 0 Å². The number of methoxy groups -OCH3 is 1. The van der Waals surface area contributed by atoms with E-state index in [-0.39, 0.29) is 22.6 Å². The molecule has 0 saturated carbocycles. The van der Waals surface area contributed by atoms with Crippen molar-refractivity contribution < 1.29 is 19.6 Å². The van der Waals surface area contributed by atoms with Gasteiger partial charge in [0.05, 0.1) is 28.6 Å². The number of carbonyl (C=O) groups excluding carboxylic acids is 1. The van der Waals surface area contributed by atoms with E-state index in [1.165, 1.54) is 31.4 Å². The molecule has 0 saturated heterocycles. The third-order valence-electron chi connectivity index (χ3n) is 3.83. The van der Waals surface area contributed by atoms with Crippen LogP contribution in [0.2, 0.25) is 0 Å². The highest BCUT2D eigenvalue weighted by Gasteiger charge is 2.21. The Morgan fingerprint density at radius 1 is 1.22 bits per heavy atom. The van der Waals surface area contributed by atoms with E-state index >= 15 is 0 Å². The standard InChI is InChI=1S/C19H15N3O5/c1-27-19(24)17(18-20-13-7-3-4-8-14(13)21-18)16(23)11-10-12-6-2-5-9-15(12)22(25)26/h2-11,23H,1H3,(H,20,21)/b11-10?,17-16+. The number of carbonyl (C=O) groups is 1. The maximum absolute atomic E-state index is 12.2. The third kappa shape index (κ3) is 3.69. The zero-order valence-electron chi connectivity index (χ0n) is 14.2. The minimum Gasteiger partial charge on any atom is -0.507 e. The van der Waals surface area contributed by atoms with Crippen LogP contribution in [-0.4, -0.2) is 33.1 Å². The number of hydrogen-bond donors (Lipinski definition) is 2. The van der Waals surface area contributed by atoms with Gasteiger partial charge in [0.1, 0.15) is 17.2 Å². The summed E-state index contributed by atoms with van der Waals surface area (Å²) in [5.74, 6) is -1.09. The number of esters is 1. The van der Waals surface area contributed by atoms with Crippen LogP contribution in [0.15, 0.2) is 60.4 Å². The topological polar surface area (TPSA) is 118 Å². The number of allylic oxidation sites excluding steroid dienone is 1. The molecule has 0 aliphatic rings. The van der Waals surface area contributed by atoms with Crippen LogP contribution in [0.1, 0.15) is 11.4 Å². The summed E-state index contributed by atoms with van der Waals surface area (Å²) in [5, 5.41) is 21.5. The number of ether oxygens (including phenoxy) is 1. The van der Waals surface area contributed by atoms with Crippen molar-refractivity contribution in [3.63, 3.8) is 0 Å². The SMILES string of the molecule is COC(=O)/C(=C(/O)C=Cc1ccccc1[N+](=O)[O-])c1nc2ccccc2[nH]1. The summed E-state index contributed by atoms with van der Waals surface area (Å²) in [6, 6.07) is 13.2. The molecule has 2 aromatic carbocycles. The second kappa shape index (κ2) is 7.52. The van der Waals surface area contributed by atoms with Crippen molar-refractivity contribution in [3.8, 4) is 0 Å². The van der Waals surface area contributed by atoms with Gasteiger partial charge in [0.25, 0.3) is 5.69 Å². The van der Waals surface area contributed by atoms with Crippen LogP contribution in [0, 0.1) is 10.1 Å². The van der Waals surface area contributed by atoms with Crippen LogP contribution < -0.4 is 0 Å². The number of benzene rings is 2. The molecule has 27 heavy (non-hydrogen) atoms. The molecule has 3 rings (SSSR count). The Labute approximate surface area is 153 Å². The number of nitrogens with zero attached hydrogens (tertiary/aromatic N) is 2. The number of fused-ring (bicyclic) bond motifs is 1. The van der Waals surface area contributed by atoms with Crippen molar-refractivity contribution >= 4 is 34.3 Å². The molecule has 0 atom stereocenters. The van der Waals surface area contributed by atoms with Crippen LogP contribution in [-0.2, 0) is 9.53 Å². The Hall–Kier alpha value is -3.94. The van der Waals surface area contributed by atoms with Crippen molar-refractivity contribution in [1.29, 1.82) is 0 Å².